The third-order valence-electron chi connectivity index (χ3n) is 5.92. The number of fused-ring (bicyclic) bond motifs is 2. The largest absolute Gasteiger partial charge is 0.494 e. The molecule has 1 aliphatic rings. The van der Waals surface area contributed by atoms with Crippen LogP contribution in [-0.2, 0) is 0 Å². The van der Waals surface area contributed by atoms with Crippen LogP contribution in [0.1, 0.15) is 53.1 Å². The van der Waals surface area contributed by atoms with Crippen LogP contribution in [0.15, 0.2) is 70.0 Å². The van der Waals surface area contributed by atoms with Gasteiger partial charge in [-0.05, 0) is 60.9 Å². The molecular formula is C27H23ClN2O4. The normalized spacial score (nSPS) is 15.1. The van der Waals surface area contributed by atoms with Gasteiger partial charge in [0.25, 0.3) is 5.91 Å². The maximum absolute atomic E-state index is 13.7. The molecule has 0 saturated heterocycles. The molecular weight excluding hydrogens is 452 g/mol. The molecule has 6 nitrogen and oxygen atoms in total. The predicted molar refractivity (Wildman–Crippen MR) is 132 cm³/mol. The third-order valence-corrected chi connectivity index (χ3v) is 6.15. The molecule has 2 aromatic carbocycles. The van der Waals surface area contributed by atoms with E-state index in [1.807, 2.05) is 37.3 Å². The number of hydrogen-bond donors (Lipinski definition) is 0. The second kappa shape index (κ2) is 8.95. The molecule has 34 heavy (non-hydrogen) atoms. The Labute approximate surface area is 201 Å². The number of aromatic nitrogens is 1. The van der Waals surface area contributed by atoms with E-state index in [4.69, 9.17) is 20.8 Å². The lowest BCUT2D eigenvalue weighted by Gasteiger charge is -2.24. The zero-order valence-electron chi connectivity index (χ0n) is 18.9. The summed E-state index contributed by atoms with van der Waals surface area (Å²) in [7, 11) is 0. The highest BCUT2D eigenvalue weighted by molar-refractivity contribution is 6.31. The van der Waals surface area contributed by atoms with Gasteiger partial charge in [0.15, 0.2) is 5.43 Å². The van der Waals surface area contributed by atoms with Crippen LogP contribution in [0, 0.1) is 6.92 Å². The number of hydrogen-bond acceptors (Lipinski definition) is 5. The van der Waals surface area contributed by atoms with Gasteiger partial charge in [0.2, 0.25) is 5.76 Å². The van der Waals surface area contributed by atoms with E-state index in [0.29, 0.717) is 34.2 Å². The summed E-state index contributed by atoms with van der Waals surface area (Å²) in [6.45, 7) is 4.62. The molecule has 5 rings (SSSR count). The highest BCUT2D eigenvalue weighted by Gasteiger charge is 2.44. The minimum absolute atomic E-state index is 0.0181. The highest BCUT2D eigenvalue weighted by Crippen LogP contribution is 2.41. The van der Waals surface area contributed by atoms with Crippen molar-refractivity contribution in [2.24, 2.45) is 0 Å². The van der Waals surface area contributed by atoms with Crippen molar-refractivity contribution >= 4 is 34.3 Å². The van der Waals surface area contributed by atoms with Crippen LogP contribution < -0.4 is 15.1 Å². The number of aryl methyl sites for hydroxylation is 1. The molecule has 172 valence electrons. The van der Waals surface area contributed by atoms with Crippen LogP contribution in [0.25, 0.3) is 11.0 Å². The number of halogens is 1. The van der Waals surface area contributed by atoms with Crippen molar-refractivity contribution in [3.05, 3.63) is 98.5 Å². The van der Waals surface area contributed by atoms with Crippen LogP contribution >= 0.6 is 11.6 Å². The predicted octanol–water partition coefficient (Wildman–Crippen LogP) is 6.08. The first-order valence-electron chi connectivity index (χ1n) is 11.2. The van der Waals surface area contributed by atoms with Crippen LogP contribution in [0.5, 0.6) is 5.75 Å². The number of rotatable bonds is 6. The minimum Gasteiger partial charge on any atom is -0.494 e. The fourth-order valence-electron chi connectivity index (χ4n) is 4.21. The van der Waals surface area contributed by atoms with Gasteiger partial charge in [0, 0.05) is 11.2 Å². The fraction of sp³-hybridized carbons (Fsp3) is 0.222. The molecule has 0 unspecified atom stereocenters. The van der Waals surface area contributed by atoms with Crippen molar-refractivity contribution in [1.82, 2.24) is 4.98 Å². The van der Waals surface area contributed by atoms with E-state index in [1.165, 1.54) is 4.90 Å². The van der Waals surface area contributed by atoms with Gasteiger partial charge in [0.1, 0.15) is 17.2 Å². The van der Waals surface area contributed by atoms with Crippen molar-refractivity contribution < 1.29 is 13.9 Å². The van der Waals surface area contributed by atoms with Crippen molar-refractivity contribution in [2.45, 2.75) is 32.7 Å². The lowest BCUT2D eigenvalue weighted by Crippen LogP contribution is -2.30. The molecule has 1 amide bonds. The molecule has 0 saturated carbocycles. The molecule has 2 aromatic heterocycles. The van der Waals surface area contributed by atoms with Crippen molar-refractivity contribution in [3.63, 3.8) is 0 Å². The molecule has 0 bridgehead atoms. The molecule has 1 aliphatic heterocycles. The summed E-state index contributed by atoms with van der Waals surface area (Å²) >= 11 is 6.16. The van der Waals surface area contributed by atoms with Crippen molar-refractivity contribution in [3.8, 4) is 5.75 Å². The van der Waals surface area contributed by atoms with E-state index in [2.05, 4.69) is 11.9 Å². The van der Waals surface area contributed by atoms with Gasteiger partial charge in [-0.3, -0.25) is 14.5 Å². The van der Waals surface area contributed by atoms with Gasteiger partial charge >= 0.3 is 0 Å². The van der Waals surface area contributed by atoms with E-state index in [9.17, 15) is 9.59 Å². The number of nitrogens with zero attached hydrogens (tertiary/aromatic N) is 2. The van der Waals surface area contributed by atoms with Gasteiger partial charge in [-0.1, -0.05) is 43.1 Å². The number of carbonyl (C=O) groups is 1. The Morgan fingerprint density at radius 2 is 1.97 bits per heavy atom. The quantitative estimate of drug-likeness (QED) is 0.317. The topological polar surface area (TPSA) is 72.6 Å². The Balaban J connectivity index is 1.71. The van der Waals surface area contributed by atoms with Crippen molar-refractivity contribution in [2.75, 3.05) is 11.5 Å². The number of anilines is 1. The first kappa shape index (κ1) is 22.2. The number of amides is 1. The Kier molecular flexibility index (Phi) is 5.84. The van der Waals surface area contributed by atoms with E-state index >= 15 is 0 Å². The molecule has 0 spiro atoms. The molecule has 7 heteroatoms. The van der Waals surface area contributed by atoms with E-state index in [1.54, 1.807) is 30.5 Å². The number of ether oxygens (including phenoxy) is 1. The van der Waals surface area contributed by atoms with Gasteiger partial charge < -0.3 is 9.15 Å². The summed E-state index contributed by atoms with van der Waals surface area (Å²) in [5.74, 6) is 0.717. The maximum atomic E-state index is 13.7. The first-order valence-corrected chi connectivity index (χ1v) is 11.6. The molecule has 0 aliphatic carbocycles. The molecule has 0 fully saturated rings. The van der Waals surface area contributed by atoms with Crippen LogP contribution in [-0.4, -0.2) is 17.5 Å². The number of carbonyl (C=O) groups excluding carboxylic acids is 1. The fourth-order valence-corrected chi connectivity index (χ4v) is 4.38. The Morgan fingerprint density at radius 3 is 2.74 bits per heavy atom. The maximum Gasteiger partial charge on any atom is 0.296 e. The molecule has 0 N–H and O–H groups in total. The molecule has 4 aromatic rings. The second-order valence-electron chi connectivity index (χ2n) is 8.36. The minimum atomic E-state index is -0.716. The zero-order chi connectivity index (χ0) is 23.8. The van der Waals surface area contributed by atoms with Gasteiger partial charge in [-0.15, -0.1) is 0 Å². The Hall–Kier alpha value is -3.64. The van der Waals surface area contributed by atoms with E-state index in [-0.39, 0.29) is 16.8 Å². The number of unbranched alkanes of at least 4 members (excludes halogenated alkanes) is 1. The summed E-state index contributed by atoms with van der Waals surface area (Å²) in [4.78, 5) is 33.3. The summed E-state index contributed by atoms with van der Waals surface area (Å²) in [5, 5.41) is 0.752. The van der Waals surface area contributed by atoms with E-state index < -0.39 is 11.9 Å². The monoisotopic (exact) mass is 474 g/mol. The number of pyridine rings is 1. The molecule has 1 atom stereocenters. The molecule has 0 radical (unpaired) electrons. The second-order valence-corrected chi connectivity index (χ2v) is 8.80. The molecule has 3 heterocycles. The zero-order valence-corrected chi connectivity index (χ0v) is 19.6. The average molecular weight is 475 g/mol. The number of benzene rings is 2. The smallest absolute Gasteiger partial charge is 0.296 e. The van der Waals surface area contributed by atoms with E-state index in [0.717, 1.165) is 24.0 Å². The average Bonchev–Trinajstić information content (AvgIpc) is 3.13. The van der Waals surface area contributed by atoms with Crippen LogP contribution in [0.3, 0.4) is 0 Å². The Bertz CT molecular complexity index is 1450. The highest BCUT2D eigenvalue weighted by atomic mass is 35.5. The lowest BCUT2D eigenvalue weighted by molar-refractivity contribution is 0.0970. The summed E-state index contributed by atoms with van der Waals surface area (Å²) in [6.07, 6.45) is 3.65. The van der Waals surface area contributed by atoms with Gasteiger partial charge in [-0.2, -0.15) is 0 Å². The van der Waals surface area contributed by atoms with Crippen molar-refractivity contribution in [1.29, 1.82) is 0 Å². The first-order chi connectivity index (χ1) is 16.5. The van der Waals surface area contributed by atoms with Gasteiger partial charge in [0.05, 0.1) is 23.6 Å². The van der Waals surface area contributed by atoms with Crippen LogP contribution in [0.4, 0.5) is 5.82 Å². The lowest BCUT2D eigenvalue weighted by atomic mass is 9.98. The standard InChI is InChI=1S/C27H23ClN2O4/c1-3-4-12-33-19-7-5-6-17(13-19)24-23-25(31)20-14-18(28)9-10-21(20)34-26(23)27(32)30(24)22-11-8-16(2)15-29-22/h5-11,13-15,24H,3-4,12H2,1-2H3/t24-/m1/s1. The summed E-state index contributed by atoms with van der Waals surface area (Å²) in [6, 6.07) is 15.2. The Morgan fingerprint density at radius 1 is 1.12 bits per heavy atom. The summed E-state index contributed by atoms with van der Waals surface area (Å²) < 4.78 is 11.9. The van der Waals surface area contributed by atoms with Gasteiger partial charge in [-0.25, -0.2) is 4.98 Å². The summed E-state index contributed by atoms with van der Waals surface area (Å²) in [5.41, 5.74) is 2.00. The van der Waals surface area contributed by atoms with Crippen LogP contribution in [0.2, 0.25) is 5.02 Å². The third kappa shape index (κ3) is 3.84. The SMILES string of the molecule is CCCCOc1cccc([C@@H]2c3c(oc4ccc(Cl)cc4c3=O)C(=O)N2c2ccc(C)cn2)c1.